The molecule has 2 rings (SSSR count). The minimum Gasteiger partial charge on any atom is -0.493 e. The molecule has 0 unspecified atom stereocenters. The van der Waals surface area contributed by atoms with Crippen LogP contribution in [-0.2, 0) is 0 Å². The molecular formula is C13H17ClN2O. The van der Waals surface area contributed by atoms with Gasteiger partial charge in [0.05, 0.1) is 12.4 Å². The summed E-state index contributed by atoms with van der Waals surface area (Å²) < 4.78 is 5.76. The van der Waals surface area contributed by atoms with Crippen LogP contribution in [0.3, 0.4) is 0 Å². The Morgan fingerprint density at radius 3 is 2.76 bits per heavy atom. The van der Waals surface area contributed by atoms with Gasteiger partial charge in [0.15, 0.2) is 0 Å². The first-order chi connectivity index (χ1) is 8.01. The lowest BCUT2D eigenvalue weighted by molar-refractivity contribution is 0.238. The highest BCUT2D eigenvalue weighted by Gasteiger charge is 2.43. The number of hydrogen-bond acceptors (Lipinski definition) is 2. The second-order valence-corrected chi connectivity index (χ2v) is 5.31. The van der Waals surface area contributed by atoms with Gasteiger partial charge >= 0.3 is 0 Å². The Kier molecular flexibility index (Phi) is 3.29. The molecule has 1 aliphatic rings. The van der Waals surface area contributed by atoms with Crippen LogP contribution in [0.25, 0.3) is 0 Å². The van der Waals surface area contributed by atoms with Gasteiger partial charge in [-0.2, -0.15) is 0 Å². The first-order valence-corrected chi connectivity index (χ1v) is 6.10. The van der Waals surface area contributed by atoms with E-state index in [1.807, 2.05) is 25.1 Å². The quantitative estimate of drug-likeness (QED) is 0.625. The smallest absolute Gasteiger partial charge is 0.119 e. The first-order valence-electron chi connectivity index (χ1n) is 5.73. The molecule has 0 heterocycles. The summed E-state index contributed by atoms with van der Waals surface area (Å²) in [5.74, 6) is 1.08. The van der Waals surface area contributed by atoms with Crippen LogP contribution in [0.5, 0.6) is 5.75 Å². The summed E-state index contributed by atoms with van der Waals surface area (Å²) >= 11 is 5.95. The molecule has 0 radical (unpaired) electrons. The van der Waals surface area contributed by atoms with E-state index in [0.717, 1.165) is 29.2 Å². The highest BCUT2D eigenvalue weighted by atomic mass is 35.5. The van der Waals surface area contributed by atoms with E-state index in [4.69, 9.17) is 27.5 Å². The van der Waals surface area contributed by atoms with Gasteiger partial charge in [-0.05, 0) is 43.5 Å². The fraction of sp³-hybridized carbons (Fsp3) is 0.462. The molecular weight excluding hydrogens is 236 g/mol. The van der Waals surface area contributed by atoms with Crippen LogP contribution in [-0.4, -0.2) is 12.4 Å². The van der Waals surface area contributed by atoms with Crippen LogP contribution in [0.1, 0.15) is 24.8 Å². The number of aryl methyl sites for hydroxylation is 1. The molecule has 0 spiro atoms. The Hall–Kier alpha value is -1.22. The molecule has 0 aromatic heterocycles. The monoisotopic (exact) mass is 252 g/mol. The summed E-state index contributed by atoms with van der Waals surface area (Å²) in [6.07, 6.45) is 2.83. The molecule has 1 saturated carbocycles. The molecule has 0 atom stereocenters. The Morgan fingerprint density at radius 1 is 1.53 bits per heavy atom. The minimum atomic E-state index is 0.110. The van der Waals surface area contributed by atoms with E-state index in [1.165, 1.54) is 0 Å². The summed E-state index contributed by atoms with van der Waals surface area (Å²) in [7, 11) is 0. The fourth-order valence-electron chi connectivity index (χ4n) is 1.90. The molecule has 17 heavy (non-hydrogen) atoms. The average molecular weight is 253 g/mol. The molecule has 1 aromatic carbocycles. The van der Waals surface area contributed by atoms with Crippen LogP contribution < -0.4 is 10.5 Å². The molecule has 92 valence electrons. The average Bonchev–Trinajstić information content (AvgIpc) is 2.99. The lowest BCUT2D eigenvalue weighted by Crippen LogP contribution is -2.21. The van der Waals surface area contributed by atoms with Gasteiger partial charge in [0.2, 0.25) is 0 Å². The highest BCUT2D eigenvalue weighted by molar-refractivity contribution is 6.31. The molecule has 0 aliphatic heterocycles. The summed E-state index contributed by atoms with van der Waals surface area (Å²) in [5, 5.41) is 8.09. The normalized spacial score (nSPS) is 16.6. The lowest BCUT2D eigenvalue weighted by atomic mass is 10.0. The molecule has 3 N–H and O–H groups in total. The van der Waals surface area contributed by atoms with E-state index >= 15 is 0 Å². The van der Waals surface area contributed by atoms with Crippen molar-refractivity contribution in [3.05, 3.63) is 28.8 Å². The number of rotatable bonds is 5. The molecule has 3 nitrogen and oxygen atoms in total. The predicted octanol–water partition coefficient (Wildman–Crippen LogP) is 3.13. The molecule has 1 fully saturated rings. The highest BCUT2D eigenvalue weighted by Crippen LogP contribution is 2.48. The minimum absolute atomic E-state index is 0.110. The molecule has 0 bridgehead atoms. The van der Waals surface area contributed by atoms with Gasteiger partial charge in [0.1, 0.15) is 5.75 Å². The van der Waals surface area contributed by atoms with E-state index in [-0.39, 0.29) is 11.3 Å². The van der Waals surface area contributed by atoms with Crippen LogP contribution >= 0.6 is 11.6 Å². The maximum atomic E-state index is 7.34. The van der Waals surface area contributed by atoms with Crippen LogP contribution in [0, 0.1) is 17.7 Å². The number of ether oxygens (including phenoxy) is 1. The standard InChI is InChI=1S/C13H17ClN2O/c1-9-6-10(2-3-11(9)14)17-8-13(4-5-13)7-12(15)16/h2-3,6H,4-5,7-8H2,1H3,(H3,15,16). The van der Waals surface area contributed by atoms with Gasteiger partial charge in [0.25, 0.3) is 0 Å². The van der Waals surface area contributed by atoms with Crippen molar-refractivity contribution in [2.75, 3.05) is 6.61 Å². The number of halogens is 1. The SMILES string of the molecule is Cc1cc(OCC2(CC(=N)N)CC2)ccc1Cl. The van der Waals surface area contributed by atoms with Gasteiger partial charge in [0, 0.05) is 16.9 Å². The van der Waals surface area contributed by atoms with Crippen molar-refractivity contribution in [2.45, 2.75) is 26.2 Å². The van der Waals surface area contributed by atoms with E-state index in [0.29, 0.717) is 13.0 Å². The Morgan fingerprint density at radius 2 is 2.24 bits per heavy atom. The maximum absolute atomic E-state index is 7.34. The summed E-state index contributed by atoms with van der Waals surface area (Å²) in [4.78, 5) is 0. The van der Waals surface area contributed by atoms with Crippen LogP contribution in [0.2, 0.25) is 5.02 Å². The third kappa shape index (κ3) is 3.13. The summed E-state index contributed by atoms with van der Waals surface area (Å²) in [5.41, 5.74) is 6.57. The lowest BCUT2D eigenvalue weighted by Gasteiger charge is -2.15. The first kappa shape index (κ1) is 12.2. The Bertz CT molecular complexity index is 441. The zero-order valence-corrected chi connectivity index (χ0v) is 10.7. The van der Waals surface area contributed by atoms with Crippen molar-refractivity contribution in [2.24, 2.45) is 11.1 Å². The van der Waals surface area contributed by atoms with Crippen molar-refractivity contribution in [3.63, 3.8) is 0 Å². The van der Waals surface area contributed by atoms with E-state index < -0.39 is 0 Å². The summed E-state index contributed by atoms with van der Waals surface area (Å²) in [6, 6.07) is 5.65. The van der Waals surface area contributed by atoms with Crippen molar-refractivity contribution in [3.8, 4) is 5.75 Å². The van der Waals surface area contributed by atoms with Gasteiger partial charge in [-0.3, -0.25) is 5.41 Å². The third-order valence-corrected chi connectivity index (χ3v) is 3.62. The van der Waals surface area contributed by atoms with Gasteiger partial charge in [-0.25, -0.2) is 0 Å². The van der Waals surface area contributed by atoms with Crippen LogP contribution in [0.4, 0.5) is 0 Å². The molecule has 0 amide bonds. The van der Waals surface area contributed by atoms with Gasteiger partial charge in [-0.15, -0.1) is 0 Å². The number of nitrogens with one attached hydrogen (secondary N) is 1. The van der Waals surface area contributed by atoms with Gasteiger partial charge < -0.3 is 10.5 Å². The van der Waals surface area contributed by atoms with Crippen LogP contribution in [0.15, 0.2) is 18.2 Å². The number of benzene rings is 1. The summed E-state index contributed by atoms with van der Waals surface area (Å²) in [6.45, 7) is 2.59. The van der Waals surface area contributed by atoms with Crippen molar-refractivity contribution in [1.29, 1.82) is 5.41 Å². The Labute approximate surface area is 106 Å². The van der Waals surface area contributed by atoms with E-state index in [1.54, 1.807) is 0 Å². The molecule has 1 aromatic rings. The number of nitrogens with two attached hydrogens (primary N) is 1. The predicted molar refractivity (Wildman–Crippen MR) is 69.9 cm³/mol. The second kappa shape index (κ2) is 4.57. The van der Waals surface area contributed by atoms with Gasteiger partial charge in [-0.1, -0.05) is 11.6 Å². The topological polar surface area (TPSA) is 59.1 Å². The second-order valence-electron chi connectivity index (χ2n) is 4.90. The molecule has 0 saturated heterocycles. The van der Waals surface area contributed by atoms with Crippen molar-refractivity contribution >= 4 is 17.4 Å². The fourth-order valence-corrected chi connectivity index (χ4v) is 2.01. The third-order valence-electron chi connectivity index (χ3n) is 3.20. The van der Waals surface area contributed by atoms with Crippen molar-refractivity contribution in [1.82, 2.24) is 0 Å². The maximum Gasteiger partial charge on any atom is 0.119 e. The number of amidine groups is 1. The zero-order valence-electron chi connectivity index (χ0n) is 9.92. The van der Waals surface area contributed by atoms with E-state index in [9.17, 15) is 0 Å². The van der Waals surface area contributed by atoms with Crippen molar-refractivity contribution < 1.29 is 4.74 Å². The number of hydrogen-bond donors (Lipinski definition) is 2. The largest absolute Gasteiger partial charge is 0.493 e. The van der Waals surface area contributed by atoms with E-state index in [2.05, 4.69) is 0 Å². The zero-order chi connectivity index (χ0) is 12.5. The molecule has 1 aliphatic carbocycles. The molecule has 4 heteroatoms. The Balaban J connectivity index is 1.94.